The van der Waals surface area contributed by atoms with E-state index in [0.29, 0.717) is 0 Å². The first-order valence-electron chi connectivity index (χ1n) is 26.8. The third-order valence-corrected chi connectivity index (χ3v) is 19.1. The maximum absolute atomic E-state index is 6.98. The van der Waals surface area contributed by atoms with E-state index in [2.05, 4.69) is 265 Å². The van der Waals surface area contributed by atoms with E-state index in [1.54, 1.807) is 22.7 Å². The van der Waals surface area contributed by atoms with Crippen molar-refractivity contribution < 1.29 is 4.42 Å². The highest BCUT2D eigenvalue weighted by Crippen LogP contribution is 2.48. The summed E-state index contributed by atoms with van der Waals surface area (Å²) < 4.78 is 11.8. The molecule has 0 spiro atoms. The Morgan fingerprint density at radius 2 is 0.713 bits per heavy atom. The Bertz CT molecular complexity index is 4940. The molecule has 8 heteroatoms. The molecule has 0 radical (unpaired) electrons. The van der Waals surface area contributed by atoms with Crippen LogP contribution < -0.4 is 9.80 Å². The van der Waals surface area contributed by atoms with Gasteiger partial charge in [0.2, 0.25) is 0 Å². The molecule has 0 aliphatic heterocycles. The van der Waals surface area contributed by atoms with Gasteiger partial charge in [-0.25, -0.2) is 9.97 Å². The van der Waals surface area contributed by atoms with Gasteiger partial charge in [0.05, 0.1) is 31.8 Å². The van der Waals surface area contributed by atoms with Crippen LogP contribution in [0.3, 0.4) is 0 Å². The first-order valence-corrected chi connectivity index (χ1v) is 29.2. The first kappa shape index (κ1) is 45.3. The van der Waals surface area contributed by atoms with Crippen molar-refractivity contribution >= 4 is 174 Å². The second-order valence-electron chi connectivity index (χ2n) is 20.5. The molecule has 0 N–H and O–H groups in total. The van der Waals surface area contributed by atoms with Crippen LogP contribution in [0.25, 0.3) is 127 Å². The maximum Gasteiger partial charge on any atom is 0.137 e. The van der Waals surface area contributed by atoms with Gasteiger partial charge in [-0.1, -0.05) is 127 Å². The molecule has 0 aliphatic carbocycles. The standard InChI is InChI=1S/C72H42N4OS3/c1-3-15-51-45(13-1)37-63(55-19-7-5-17-53(51)55)75(47-29-25-43(26-30-47)71-73-61-21-9-11-23-67(61)79-71)49-33-35-57-59-42-70-60(41-66(59)77-65(57)39-49)58-36-34-50(40-69(58)78-70)76(64-38-46-14-2-4-16-52(46)54-18-6-8-20-56(54)64)48-31-27-44(28-32-48)72-74-62-22-10-12-24-68(62)80-72/h1-42H. The molecule has 0 saturated heterocycles. The quantitative estimate of drug-likeness (QED) is 0.142. The summed E-state index contributed by atoms with van der Waals surface area (Å²) >= 11 is 5.30. The highest BCUT2D eigenvalue weighted by Gasteiger charge is 2.23. The number of fused-ring (bicyclic) bond motifs is 14. The van der Waals surface area contributed by atoms with E-state index < -0.39 is 0 Å². The Morgan fingerprint density at radius 3 is 1.26 bits per heavy atom. The molecule has 0 bridgehead atoms. The molecule has 17 aromatic rings. The van der Waals surface area contributed by atoms with Gasteiger partial charge in [0.15, 0.2) is 0 Å². The molecule has 0 fully saturated rings. The predicted octanol–water partition coefficient (Wildman–Crippen LogP) is 22.1. The van der Waals surface area contributed by atoms with Gasteiger partial charge in [-0.15, -0.1) is 34.0 Å². The number of anilines is 6. The first-order chi connectivity index (χ1) is 39.6. The molecule has 0 aliphatic rings. The van der Waals surface area contributed by atoms with Crippen molar-refractivity contribution in [2.75, 3.05) is 9.80 Å². The van der Waals surface area contributed by atoms with Crippen molar-refractivity contribution in [2.45, 2.75) is 0 Å². The number of nitrogens with zero attached hydrogens (tertiary/aromatic N) is 4. The van der Waals surface area contributed by atoms with E-state index in [9.17, 15) is 0 Å². The Balaban J connectivity index is 0.786. The number of hydrogen-bond acceptors (Lipinski definition) is 8. The van der Waals surface area contributed by atoms with Crippen molar-refractivity contribution in [2.24, 2.45) is 0 Å². The van der Waals surface area contributed by atoms with Crippen LogP contribution in [0.5, 0.6) is 0 Å². The van der Waals surface area contributed by atoms with Crippen LogP contribution in [-0.2, 0) is 0 Å². The number of thiazole rings is 2. The topological polar surface area (TPSA) is 45.4 Å². The van der Waals surface area contributed by atoms with Crippen LogP contribution in [-0.4, -0.2) is 9.97 Å². The number of para-hydroxylation sites is 2. The number of hydrogen-bond donors (Lipinski definition) is 0. The van der Waals surface area contributed by atoms with Gasteiger partial charge in [-0.05, 0) is 154 Å². The summed E-state index contributed by atoms with van der Waals surface area (Å²) in [6.07, 6.45) is 0. The van der Waals surface area contributed by atoms with Gasteiger partial charge in [0.1, 0.15) is 21.2 Å². The van der Waals surface area contributed by atoms with Crippen molar-refractivity contribution in [3.63, 3.8) is 0 Å². The summed E-state index contributed by atoms with van der Waals surface area (Å²) in [5.74, 6) is 0. The molecule has 17 rings (SSSR count). The molecule has 4 aromatic heterocycles. The number of furan rings is 1. The lowest BCUT2D eigenvalue weighted by atomic mass is 9.98. The average molecular weight is 1080 g/mol. The minimum absolute atomic E-state index is 0.843. The summed E-state index contributed by atoms with van der Waals surface area (Å²) in [6.45, 7) is 0. The van der Waals surface area contributed by atoms with Gasteiger partial charge in [0.25, 0.3) is 0 Å². The van der Waals surface area contributed by atoms with Gasteiger partial charge >= 0.3 is 0 Å². The smallest absolute Gasteiger partial charge is 0.137 e. The SMILES string of the molecule is c1ccc2c(c1)cc(N(c1ccc(-c3nc4ccccc4s3)cc1)c1ccc3c(c1)oc1cc4c(cc13)sc1cc(N(c3ccc(-c5nc6ccccc6s5)cc3)c3cc5ccccc5c5ccccc35)ccc14)c1ccccc12. The molecule has 0 saturated carbocycles. The van der Waals surface area contributed by atoms with E-state index in [1.807, 2.05) is 11.3 Å². The summed E-state index contributed by atoms with van der Waals surface area (Å²) in [5.41, 5.74) is 12.4. The van der Waals surface area contributed by atoms with Crippen molar-refractivity contribution in [1.82, 2.24) is 9.97 Å². The van der Waals surface area contributed by atoms with E-state index >= 15 is 0 Å². The Labute approximate surface area is 470 Å². The van der Waals surface area contributed by atoms with Crippen LogP contribution in [0.2, 0.25) is 0 Å². The van der Waals surface area contributed by atoms with Gasteiger partial charge < -0.3 is 14.2 Å². The van der Waals surface area contributed by atoms with Gasteiger partial charge in [0, 0.05) is 81.7 Å². The Morgan fingerprint density at radius 1 is 0.275 bits per heavy atom. The Kier molecular flexibility index (Phi) is 10.2. The summed E-state index contributed by atoms with van der Waals surface area (Å²) in [7, 11) is 0. The zero-order chi connectivity index (χ0) is 52.4. The number of thiophene rings is 1. The lowest BCUT2D eigenvalue weighted by Gasteiger charge is -2.28. The molecule has 0 atom stereocenters. The lowest BCUT2D eigenvalue weighted by molar-refractivity contribution is 0.669. The molecule has 5 nitrogen and oxygen atoms in total. The Hall–Kier alpha value is -9.70. The third-order valence-electron chi connectivity index (χ3n) is 15.9. The lowest BCUT2D eigenvalue weighted by Crippen LogP contribution is -2.10. The zero-order valence-electron chi connectivity index (χ0n) is 42.7. The van der Waals surface area contributed by atoms with E-state index in [4.69, 9.17) is 14.4 Å². The fourth-order valence-corrected chi connectivity index (χ4v) is 15.2. The molecule has 0 amide bonds. The highest BCUT2D eigenvalue weighted by atomic mass is 32.1. The monoisotopic (exact) mass is 1070 g/mol. The molecule has 0 unspecified atom stereocenters. The number of rotatable bonds is 8. The summed E-state index contributed by atoms with van der Waals surface area (Å²) in [4.78, 5) is 14.8. The maximum atomic E-state index is 6.98. The van der Waals surface area contributed by atoms with Gasteiger partial charge in [-0.2, -0.15) is 0 Å². The largest absolute Gasteiger partial charge is 0.456 e. The highest BCUT2D eigenvalue weighted by molar-refractivity contribution is 7.26. The average Bonchev–Trinajstić information content (AvgIpc) is 4.47. The van der Waals surface area contributed by atoms with E-state index in [-0.39, 0.29) is 0 Å². The normalized spacial score (nSPS) is 12.0. The zero-order valence-corrected chi connectivity index (χ0v) is 45.1. The van der Waals surface area contributed by atoms with Crippen molar-refractivity contribution in [3.8, 4) is 21.1 Å². The fraction of sp³-hybridized carbons (Fsp3) is 0. The van der Waals surface area contributed by atoms with Crippen LogP contribution >= 0.6 is 34.0 Å². The molecule has 13 aromatic carbocycles. The number of benzene rings is 13. The fourth-order valence-electron chi connectivity index (χ4n) is 12.1. The number of aromatic nitrogens is 2. The summed E-state index contributed by atoms with van der Waals surface area (Å²) in [5, 5.41) is 16.3. The molecule has 374 valence electrons. The van der Waals surface area contributed by atoms with E-state index in [0.717, 1.165) is 88.2 Å². The second kappa shape index (κ2) is 17.9. The molecular formula is C72H42N4OS3. The van der Waals surface area contributed by atoms with Crippen molar-refractivity contribution in [3.05, 3.63) is 255 Å². The van der Waals surface area contributed by atoms with Crippen LogP contribution in [0.1, 0.15) is 0 Å². The summed E-state index contributed by atoms with van der Waals surface area (Å²) in [6, 6.07) is 92.4. The van der Waals surface area contributed by atoms with Gasteiger partial charge in [-0.3, -0.25) is 0 Å². The second-order valence-corrected chi connectivity index (χ2v) is 23.6. The molecular weight excluding hydrogens is 1030 g/mol. The third kappa shape index (κ3) is 7.27. The van der Waals surface area contributed by atoms with Crippen LogP contribution in [0, 0.1) is 0 Å². The predicted molar refractivity (Wildman–Crippen MR) is 343 cm³/mol. The van der Waals surface area contributed by atoms with Crippen LogP contribution in [0.4, 0.5) is 34.1 Å². The minimum atomic E-state index is 0.843. The van der Waals surface area contributed by atoms with Crippen LogP contribution in [0.15, 0.2) is 259 Å². The van der Waals surface area contributed by atoms with Crippen molar-refractivity contribution in [1.29, 1.82) is 0 Å². The molecule has 4 heterocycles. The molecule has 80 heavy (non-hydrogen) atoms. The minimum Gasteiger partial charge on any atom is -0.456 e. The van der Waals surface area contributed by atoms with E-state index in [1.165, 1.54) is 72.7 Å².